The highest BCUT2D eigenvalue weighted by Gasteiger charge is 2.19. The molecule has 1 unspecified atom stereocenters. The van der Waals surface area contributed by atoms with Gasteiger partial charge in [-0.15, -0.1) is 0 Å². The Bertz CT molecular complexity index is 797. The first-order valence-electron chi connectivity index (χ1n) is 7.68. The van der Waals surface area contributed by atoms with Crippen molar-refractivity contribution in [3.8, 4) is 5.82 Å². The molecule has 0 saturated heterocycles. The summed E-state index contributed by atoms with van der Waals surface area (Å²) in [5, 5.41) is 16.9. The maximum atomic E-state index is 12.4. The minimum atomic E-state index is -0.889. The van der Waals surface area contributed by atoms with E-state index in [1.54, 1.807) is 23.0 Å². The van der Waals surface area contributed by atoms with Crippen molar-refractivity contribution in [2.75, 3.05) is 6.54 Å². The molecule has 2 N–H and O–H groups in total. The molecule has 0 aliphatic heterocycles. The standard InChI is InChI=1S/C17H18N4O3/c1-2-13-12(10-20-21(13)16-7-3-4-8-18-16)17(23)19-11-14(22)15-6-5-9-24-15/h3-10,14,22H,2,11H2,1H3,(H,19,23). The molecule has 0 bridgehead atoms. The van der Waals surface area contributed by atoms with Crippen molar-refractivity contribution in [1.29, 1.82) is 0 Å². The second-order valence-corrected chi connectivity index (χ2v) is 5.20. The van der Waals surface area contributed by atoms with E-state index < -0.39 is 6.10 Å². The summed E-state index contributed by atoms with van der Waals surface area (Å²) in [6, 6.07) is 8.86. The van der Waals surface area contributed by atoms with Crippen LogP contribution in [0.2, 0.25) is 0 Å². The van der Waals surface area contributed by atoms with Gasteiger partial charge in [0, 0.05) is 6.20 Å². The number of amides is 1. The number of furan rings is 1. The molecular weight excluding hydrogens is 308 g/mol. The van der Waals surface area contributed by atoms with Crippen molar-refractivity contribution in [2.24, 2.45) is 0 Å². The Balaban J connectivity index is 1.74. The summed E-state index contributed by atoms with van der Waals surface area (Å²) in [6.45, 7) is 2.01. The summed E-state index contributed by atoms with van der Waals surface area (Å²) in [5.74, 6) is 0.777. The van der Waals surface area contributed by atoms with Gasteiger partial charge < -0.3 is 14.8 Å². The summed E-state index contributed by atoms with van der Waals surface area (Å²) in [6.07, 6.45) is 4.41. The average Bonchev–Trinajstić information content (AvgIpc) is 3.29. The summed E-state index contributed by atoms with van der Waals surface area (Å²) in [4.78, 5) is 16.7. The van der Waals surface area contributed by atoms with Crippen molar-refractivity contribution in [3.05, 3.63) is 66.0 Å². The van der Waals surface area contributed by atoms with Crippen LogP contribution in [0.3, 0.4) is 0 Å². The number of aromatic nitrogens is 3. The highest BCUT2D eigenvalue weighted by molar-refractivity contribution is 5.95. The minimum Gasteiger partial charge on any atom is -0.467 e. The van der Waals surface area contributed by atoms with Crippen LogP contribution < -0.4 is 5.32 Å². The fourth-order valence-electron chi connectivity index (χ4n) is 2.45. The molecule has 0 spiro atoms. The van der Waals surface area contributed by atoms with Crippen molar-refractivity contribution in [3.63, 3.8) is 0 Å². The molecule has 0 aliphatic rings. The topological polar surface area (TPSA) is 93.2 Å². The molecule has 1 amide bonds. The highest BCUT2D eigenvalue weighted by atomic mass is 16.4. The Labute approximate surface area is 138 Å². The van der Waals surface area contributed by atoms with E-state index in [0.29, 0.717) is 23.6 Å². The van der Waals surface area contributed by atoms with Gasteiger partial charge in [0.25, 0.3) is 5.91 Å². The van der Waals surface area contributed by atoms with Gasteiger partial charge in [0.15, 0.2) is 5.82 Å². The van der Waals surface area contributed by atoms with Gasteiger partial charge in [-0.3, -0.25) is 4.79 Å². The normalized spacial score (nSPS) is 12.1. The number of aliphatic hydroxyl groups excluding tert-OH is 1. The largest absolute Gasteiger partial charge is 0.467 e. The first-order valence-corrected chi connectivity index (χ1v) is 7.68. The Morgan fingerprint density at radius 2 is 2.25 bits per heavy atom. The quantitative estimate of drug-likeness (QED) is 0.721. The highest BCUT2D eigenvalue weighted by Crippen LogP contribution is 2.15. The van der Waals surface area contributed by atoms with Crippen LogP contribution in [0, 0.1) is 0 Å². The van der Waals surface area contributed by atoms with Gasteiger partial charge >= 0.3 is 0 Å². The van der Waals surface area contributed by atoms with Gasteiger partial charge in [0.05, 0.1) is 30.3 Å². The van der Waals surface area contributed by atoms with Crippen molar-refractivity contribution in [2.45, 2.75) is 19.4 Å². The van der Waals surface area contributed by atoms with Crippen LogP contribution in [0.1, 0.15) is 34.8 Å². The molecule has 0 fully saturated rings. The summed E-state index contributed by atoms with van der Waals surface area (Å²) < 4.78 is 6.76. The third kappa shape index (κ3) is 3.21. The molecular formula is C17H18N4O3. The van der Waals surface area contributed by atoms with Crippen LogP contribution in [0.15, 0.2) is 53.4 Å². The smallest absolute Gasteiger partial charge is 0.254 e. The van der Waals surface area contributed by atoms with E-state index in [1.807, 2.05) is 25.1 Å². The molecule has 124 valence electrons. The fourth-order valence-corrected chi connectivity index (χ4v) is 2.45. The van der Waals surface area contributed by atoms with E-state index in [9.17, 15) is 9.90 Å². The third-order valence-electron chi connectivity index (χ3n) is 3.64. The van der Waals surface area contributed by atoms with Crippen LogP contribution >= 0.6 is 0 Å². The summed E-state index contributed by atoms with van der Waals surface area (Å²) in [5.41, 5.74) is 1.23. The molecule has 24 heavy (non-hydrogen) atoms. The molecule has 3 aromatic heterocycles. The molecule has 7 heteroatoms. The van der Waals surface area contributed by atoms with Crippen LogP contribution in [0.5, 0.6) is 0 Å². The molecule has 3 rings (SSSR count). The zero-order valence-corrected chi connectivity index (χ0v) is 13.2. The first-order chi connectivity index (χ1) is 11.7. The molecule has 3 aromatic rings. The molecule has 1 atom stereocenters. The zero-order chi connectivity index (χ0) is 16.9. The lowest BCUT2D eigenvalue weighted by Gasteiger charge is -2.10. The maximum Gasteiger partial charge on any atom is 0.254 e. The van der Waals surface area contributed by atoms with Gasteiger partial charge in [-0.05, 0) is 30.7 Å². The number of hydrogen-bond acceptors (Lipinski definition) is 5. The molecule has 0 saturated carbocycles. The average molecular weight is 326 g/mol. The zero-order valence-electron chi connectivity index (χ0n) is 13.2. The molecule has 0 aliphatic carbocycles. The van der Waals surface area contributed by atoms with Gasteiger partial charge in [-0.1, -0.05) is 13.0 Å². The lowest BCUT2D eigenvalue weighted by molar-refractivity contribution is 0.0900. The Morgan fingerprint density at radius 3 is 2.92 bits per heavy atom. The predicted octanol–water partition coefficient (Wildman–Crippen LogP) is 1.89. The van der Waals surface area contributed by atoms with Crippen LogP contribution in [0.4, 0.5) is 0 Å². The molecule has 0 radical (unpaired) electrons. The SMILES string of the molecule is CCc1c(C(=O)NCC(O)c2ccco2)cnn1-c1ccccn1. The number of nitrogens with zero attached hydrogens (tertiary/aromatic N) is 3. The number of pyridine rings is 1. The third-order valence-corrected chi connectivity index (χ3v) is 3.64. The fraction of sp³-hybridized carbons (Fsp3) is 0.235. The predicted molar refractivity (Wildman–Crippen MR) is 86.7 cm³/mol. The number of nitrogens with one attached hydrogen (secondary N) is 1. The number of aliphatic hydroxyl groups is 1. The van der Waals surface area contributed by atoms with E-state index in [-0.39, 0.29) is 12.5 Å². The lowest BCUT2D eigenvalue weighted by Crippen LogP contribution is -2.28. The van der Waals surface area contributed by atoms with Gasteiger partial charge in [0.2, 0.25) is 0 Å². The molecule has 3 heterocycles. The lowest BCUT2D eigenvalue weighted by atomic mass is 10.2. The van der Waals surface area contributed by atoms with Crippen LogP contribution in [-0.4, -0.2) is 32.3 Å². The summed E-state index contributed by atoms with van der Waals surface area (Å²) in [7, 11) is 0. The van der Waals surface area contributed by atoms with E-state index in [0.717, 1.165) is 5.69 Å². The molecule has 0 aromatic carbocycles. The number of carbonyl (C=O) groups is 1. The molecule has 7 nitrogen and oxygen atoms in total. The number of carbonyl (C=O) groups excluding carboxylic acids is 1. The van der Waals surface area contributed by atoms with Crippen LogP contribution in [0.25, 0.3) is 5.82 Å². The van der Waals surface area contributed by atoms with Crippen LogP contribution in [-0.2, 0) is 6.42 Å². The second-order valence-electron chi connectivity index (χ2n) is 5.20. The van der Waals surface area contributed by atoms with E-state index in [1.165, 1.54) is 12.5 Å². The monoisotopic (exact) mass is 326 g/mol. The maximum absolute atomic E-state index is 12.4. The van der Waals surface area contributed by atoms with Crippen molar-refractivity contribution < 1.29 is 14.3 Å². The van der Waals surface area contributed by atoms with E-state index >= 15 is 0 Å². The van der Waals surface area contributed by atoms with Gasteiger partial charge in [-0.25, -0.2) is 9.67 Å². The van der Waals surface area contributed by atoms with Crippen molar-refractivity contribution >= 4 is 5.91 Å². The summed E-state index contributed by atoms with van der Waals surface area (Å²) >= 11 is 0. The Morgan fingerprint density at radius 1 is 1.38 bits per heavy atom. The second kappa shape index (κ2) is 7.10. The van der Waals surface area contributed by atoms with Gasteiger partial charge in [0.1, 0.15) is 11.9 Å². The number of rotatable bonds is 6. The van der Waals surface area contributed by atoms with Crippen molar-refractivity contribution in [1.82, 2.24) is 20.1 Å². The number of hydrogen-bond donors (Lipinski definition) is 2. The first kappa shape index (κ1) is 15.9. The Kier molecular flexibility index (Phi) is 4.72. The van der Waals surface area contributed by atoms with Gasteiger partial charge in [-0.2, -0.15) is 5.10 Å². The van der Waals surface area contributed by atoms with E-state index in [2.05, 4.69) is 15.4 Å². The minimum absolute atomic E-state index is 0.0598. The Hall–Kier alpha value is -2.93. The van der Waals surface area contributed by atoms with E-state index in [4.69, 9.17) is 4.42 Å².